The van der Waals surface area contributed by atoms with Crippen LogP contribution in [0, 0.1) is 0 Å². The molecule has 0 saturated heterocycles. The first-order valence-corrected chi connectivity index (χ1v) is 17.5. The molecule has 0 bridgehead atoms. The lowest BCUT2D eigenvalue weighted by atomic mass is 10.2. The second-order valence-corrected chi connectivity index (χ2v) is 10.3. The number of unbranched alkanes of at least 4 members (excludes halogenated alkanes) is 4. The van der Waals surface area contributed by atoms with E-state index in [2.05, 4.69) is 6.92 Å². The van der Waals surface area contributed by atoms with Gasteiger partial charge in [0.15, 0.2) is 0 Å². The molecule has 0 fully saturated rings. The fraction of sp³-hybridized carbons (Fsp3) is 0.829. The van der Waals surface area contributed by atoms with E-state index < -0.39 is 0 Å². The fourth-order valence-electron chi connectivity index (χ4n) is 3.84. The third-order valence-electron chi connectivity index (χ3n) is 6.35. The largest absolute Gasteiger partial charge is 0.491 e. The Bertz CT molecular complexity index is 700. The Morgan fingerprint density at radius 3 is 0.894 bits per heavy atom. The van der Waals surface area contributed by atoms with Crippen molar-refractivity contribution in [3.63, 3.8) is 0 Å². The first kappa shape index (κ1) is 43.6. The number of benzene rings is 1. The molecule has 0 spiro atoms. The van der Waals surface area contributed by atoms with Gasteiger partial charge in [0.1, 0.15) is 12.4 Å². The molecule has 0 N–H and O–H groups in total. The standard InChI is InChI=1S/C35H64O12/c1-2-3-4-5-9-12-36-13-14-37-15-16-38-17-18-39-19-20-40-21-22-41-23-24-42-25-26-43-27-28-44-29-30-45-31-32-46-33-34-47-35-10-7-6-8-11-35/h6-8,10-11H,2-5,9,12-34H2,1H3. The second-order valence-electron chi connectivity index (χ2n) is 10.3. The summed E-state index contributed by atoms with van der Waals surface area (Å²) in [7, 11) is 0. The Labute approximate surface area is 283 Å². The van der Waals surface area contributed by atoms with Gasteiger partial charge in [-0.2, -0.15) is 0 Å². The zero-order valence-corrected chi connectivity index (χ0v) is 29.1. The van der Waals surface area contributed by atoms with E-state index in [-0.39, 0.29) is 0 Å². The van der Waals surface area contributed by atoms with Gasteiger partial charge >= 0.3 is 0 Å². The summed E-state index contributed by atoms with van der Waals surface area (Å²) in [5, 5.41) is 0. The molecular weight excluding hydrogens is 612 g/mol. The molecular formula is C35H64O12. The highest BCUT2D eigenvalue weighted by Gasteiger charge is 1.97. The van der Waals surface area contributed by atoms with Crippen molar-refractivity contribution in [2.75, 3.05) is 152 Å². The molecule has 0 amide bonds. The van der Waals surface area contributed by atoms with Crippen LogP contribution in [0.1, 0.15) is 39.0 Å². The van der Waals surface area contributed by atoms with Crippen LogP contribution >= 0.6 is 0 Å². The highest BCUT2D eigenvalue weighted by Crippen LogP contribution is 2.07. The molecule has 0 saturated carbocycles. The maximum absolute atomic E-state index is 5.56. The van der Waals surface area contributed by atoms with Crippen molar-refractivity contribution in [2.24, 2.45) is 0 Å². The number of hydrogen-bond donors (Lipinski definition) is 0. The molecule has 1 rings (SSSR count). The molecule has 47 heavy (non-hydrogen) atoms. The van der Waals surface area contributed by atoms with E-state index in [1.807, 2.05) is 30.3 Å². The van der Waals surface area contributed by atoms with Crippen LogP contribution in [-0.4, -0.2) is 152 Å². The summed E-state index contributed by atoms with van der Waals surface area (Å²) in [6, 6.07) is 9.68. The van der Waals surface area contributed by atoms with Crippen LogP contribution in [0.4, 0.5) is 0 Å². The summed E-state index contributed by atoms with van der Waals surface area (Å²) >= 11 is 0. The monoisotopic (exact) mass is 676 g/mol. The van der Waals surface area contributed by atoms with Gasteiger partial charge < -0.3 is 56.8 Å². The summed E-state index contributed by atoms with van der Waals surface area (Å²) in [6.07, 6.45) is 6.28. The van der Waals surface area contributed by atoms with Gasteiger partial charge in [0.05, 0.1) is 139 Å². The third kappa shape index (κ3) is 35.7. The first-order chi connectivity index (χ1) is 23.4. The third-order valence-corrected chi connectivity index (χ3v) is 6.35. The van der Waals surface area contributed by atoms with Crippen molar-refractivity contribution >= 4 is 0 Å². The molecule has 0 aliphatic carbocycles. The van der Waals surface area contributed by atoms with Gasteiger partial charge in [0, 0.05) is 6.61 Å². The lowest BCUT2D eigenvalue weighted by molar-refractivity contribution is -0.0277. The minimum Gasteiger partial charge on any atom is -0.491 e. The van der Waals surface area contributed by atoms with E-state index in [1.54, 1.807) is 0 Å². The van der Waals surface area contributed by atoms with Crippen LogP contribution in [0.15, 0.2) is 30.3 Å². The van der Waals surface area contributed by atoms with Crippen LogP contribution in [0.5, 0.6) is 5.75 Å². The summed E-state index contributed by atoms with van der Waals surface area (Å²) in [5.74, 6) is 0.846. The lowest BCUT2D eigenvalue weighted by Crippen LogP contribution is -2.15. The molecule has 0 aliphatic heterocycles. The van der Waals surface area contributed by atoms with Crippen LogP contribution < -0.4 is 4.74 Å². The minimum atomic E-state index is 0.516. The number of hydrogen-bond acceptors (Lipinski definition) is 12. The van der Waals surface area contributed by atoms with Crippen LogP contribution in [0.25, 0.3) is 0 Å². The summed E-state index contributed by atoms with van der Waals surface area (Å²) in [4.78, 5) is 0. The van der Waals surface area contributed by atoms with Crippen LogP contribution in [0.2, 0.25) is 0 Å². The van der Waals surface area contributed by atoms with Crippen molar-refractivity contribution in [3.05, 3.63) is 30.3 Å². The molecule has 1 aromatic carbocycles. The zero-order valence-electron chi connectivity index (χ0n) is 29.1. The predicted molar refractivity (Wildman–Crippen MR) is 180 cm³/mol. The number of para-hydroxylation sites is 1. The van der Waals surface area contributed by atoms with E-state index in [1.165, 1.54) is 25.7 Å². The molecule has 1 aromatic rings. The van der Waals surface area contributed by atoms with Gasteiger partial charge in [-0.3, -0.25) is 0 Å². The summed E-state index contributed by atoms with van der Waals surface area (Å²) < 4.78 is 66.0. The van der Waals surface area contributed by atoms with E-state index in [4.69, 9.17) is 56.8 Å². The Morgan fingerprint density at radius 2 is 0.574 bits per heavy atom. The zero-order chi connectivity index (χ0) is 33.4. The van der Waals surface area contributed by atoms with E-state index in [0.717, 1.165) is 18.8 Å². The maximum Gasteiger partial charge on any atom is 0.119 e. The SMILES string of the molecule is CCCCCCCOCCOCCOCCOCCOCCOCCOCCOCCOCCOCCOCCOc1ccccc1. The van der Waals surface area contributed by atoms with E-state index in [0.29, 0.717) is 145 Å². The molecule has 0 atom stereocenters. The average molecular weight is 677 g/mol. The molecule has 12 heteroatoms. The van der Waals surface area contributed by atoms with Crippen molar-refractivity contribution in [3.8, 4) is 5.75 Å². The summed E-state index contributed by atoms with van der Waals surface area (Å²) in [5.41, 5.74) is 0. The quantitative estimate of drug-likeness (QED) is 0.0929. The molecule has 0 aliphatic rings. The minimum absolute atomic E-state index is 0.516. The highest BCUT2D eigenvalue weighted by atomic mass is 16.6. The highest BCUT2D eigenvalue weighted by molar-refractivity contribution is 5.20. The van der Waals surface area contributed by atoms with Gasteiger partial charge in [-0.05, 0) is 18.6 Å². The van der Waals surface area contributed by atoms with Crippen molar-refractivity contribution in [2.45, 2.75) is 39.0 Å². The van der Waals surface area contributed by atoms with E-state index >= 15 is 0 Å². The van der Waals surface area contributed by atoms with Crippen LogP contribution in [-0.2, 0) is 52.1 Å². The Morgan fingerprint density at radius 1 is 0.298 bits per heavy atom. The second kappa shape index (κ2) is 39.0. The smallest absolute Gasteiger partial charge is 0.119 e. The molecule has 0 radical (unpaired) electrons. The molecule has 0 heterocycles. The first-order valence-electron chi connectivity index (χ1n) is 17.5. The van der Waals surface area contributed by atoms with E-state index in [9.17, 15) is 0 Å². The number of ether oxygens (including phenoxy) is 12. The summed E-state index contributed by atoms with van der Waals surface area (Å²) in [6.45, 7) is 14.8. The van der Waals surface area contributed by atoms with Gasteiger partial charge in [-0.15, -0.1) is 0 Å². The normalized spacial score (nSPS) is 11.4. The lowest BCUT2D eigenvalue weighted by Gasteiger charge is -2.09. The molecule has 12 nitrogen and oxygen atoms in total. The molecule has 276 valence electrons. The number of rotatable bonds is 40. The van der Waals surface area contributed by atoms with Gasteiger partial charge in [-0.1, -0.05) is 50.8 Å². The van der Waals surface area contributed by atoms with Crippen LogP contribution in [0.3, 0.4) is 0 Å². The van der Waals surface area contributed by atoms with Gasteiger partial charge in [-0.25, -0.2) is 0 Å². The fourth-order valence-corrected chi connectivity index (χ4v) is 3.84. The topological polar surface area (TPSA) is 111 Å². The van der Waals surface area contributed by atoms with Gasteiger partial charge in [0.25, 0.3) is 0 Å². The Balaban J connectivity index is 1.60. The van der Waals surface area contributed by atoms with Crippen molar-refractivity contribution < 1.29 is 56.8 Å². The maximum atomic E-state index is 5.56. The molecule has 0 unspecified atom stereocenters. The average Bonchev–Trinajstić information content (AvgIpc) is 3.09. The molecule has 0 aromatic heterocycles. The van der Waals surface area contributed by atoms with Crippen molar-refractivity contribution in [1.82, 2.24) is 0 Å². The predicted octanol–water partition coefficient (Wildman–Crippen LogP) is 4.22. The Hall–Kier alpha value is -1.42. The Kier molecular flexibility index (Phi) is 36.2. The van der Waals surface area contributed by atoms with Crippen molar-refractivity contribution in [1.29, 1.82) is 0 Å². The van der Waals surface area contributed by atoms with Gasteiger partial charge in [0.2, 0.25) is 0 Å².